The highest BCUT2D eigenvalue weighted by Gasteiger charge is 2.36. The number of fused-ring (bicyclic) bond motifs is 1. The number of carbonyl (C=O) groups excluding carboxylic acids is 1. The van der Waals surface area contributed by atoms with Gasteiger partial charge in [-0.25, -0.2) is 0 Å². The highest BCUT2D eigenvalue weighted by atomic mass is 16.7. The first kappa shape index (κ1) is 14.2. The van der Waals surface area contributed by atoms with Crippen molar-refractivity contribution in [2.45, 2.75) is 18.6 Å². The summed E-state index contributed by atoms with van der Waals surface area (Å²) in [6.07, 6.45) is 1.33. The van der Waals surface area contributed by atoms with E-state index in [4.69, 9.17) is 18.9 Å². The van der Waals surface area contributed by atoms with E-state index in [2.05, 4.69) is 0 Å². The number of piperidine rings is 1. The number of hydrogen-bond acceptors (Lipinski definition) is 5. The summed E-state index contributed by atoms with van der Waals surface area (Å²) in [6.45, 7) is 1.42. The first-order valence-electron chi connectivity index (χ1n) is 6.97. The molecule has 0 saturated carbocycles. The highest BCUT2D eigenvalue weighted by molar-refractivity contribution is 5.95. The maximum absolute atomic E-state index is 12.5. The zero-order valence-corrected chi connectivity index (χ0v) is 12.3. The summed E-state index contributed by atoms with van der Waals surface area (Å²) in [5.41, 5.74) is 0.613. The van der Waals surface area contributed by atoms with Crippen LogP contribution in [0.2, 0.25) is 0 Å². The van der Waals surface area contributed by atoms with Gasteiger partial charge in [0.1, 0.15) is 0 Å². The van der Waals surface area contributed by atoms with Crippen LogP contribution >= 0.6 is 0 Å². The van der Waals surface area contributed by atoms with Gasteiger partial charge in [0.15, 0.2) is 17.3 Å². The van der Waals surface area contributed by atoms with Crippen molar-refractivity contribution in [3.63, 3.8) is 0 Å². The van der Waals surface area contributed by atoms with E-state index in [1.54, 1.807) is 32.4 Å². The van der Waals surface area contributed by atoms with E-state index in [0.717, 1.165) is 0 Å². The second-order valence-corrected chi connectivity index (χ2v) is 5.18. The number of benzene rings is 1. The topological polar surface area (TPSA) is 57.2 Å². The van der Waals surface area contributed by atoms with Crippen LogP contribution in [0.1, 0.15) is 23.2 Å². The lowest BCUT2D eigenvalue weighted by molar-refractivity contribution is -0.226. The van der Waals surface area contributed by atoms with Crippen molar-refractivity contribution in [1.29, 1.82) is 0 Å². The van der Waals surface area contributed by atoms with E-state index in [0.29, 0.717) is 43.0 Å². The molecule has 0 spiro atoms. The zero-order valence-electron chi connectivity index (χ0n) is 12.3. The molecule has 6 nitrogen and oxygen atoms in total. The molecule has 0 bridgehead atoms. The standard InChI is InChI=1S/C15H19NO5/c1-18-15(19-2)5-7-16(8-6-15)14(17)11-3-4-12-13(9-11)21-10-20-12/h3-4,9H,5-8,10H2,1-2H3. The maximum Gasteiger partial charge on any atom is 0.253 e. The lowest BCUT2D eigenvalue weighted by atomic mass is 10.0. The number of rotatable bonds is 3. The lowest BCUT2D eigenvalue weighted by Gasteiger charge is -2.39. The Hall–Kier alpha value is -1.79. The van der Waals surface area contributed by atoms with Crippen LogP contribution in [0.5, 0.6) is 11.5 Å². The van der Waals surface area contributed by atoms with Gasteiger partial charge in [0.05, 0.1) is 0 Å². The molecule has 1 aromatic rings. The fourth-order valence-electron chi connectivity index (χ4n) is 2.75. The van der Waals surface area contributed by atoms with Gasteiger partial charge < -0.3 is 23.8 Å². The molecule has 1 fully saturated rings. The van der Waals surface area contributed by atoms with Gasteiger partial charge in [-0.1, -0.05) is 0 Å². The summed E-state index contributed by atoms with van der Waals surface area (Å²) in [5.74, 6) is 0.740. The Labute approximate surface area is 123 Å². The maximum atomic E-state index is 12.5. The molecule has 0 aliphatic carbocycles. The van der Waals surface area contributed by atoms with Gasteiger partial charge in [0.25, 0.3) is 5.91 Å². The van der Waals surface area contributed by atoms with Crippen molar-refractivity contribution in [3.8, 4) is 11.5 Å². The molecule has 6 heteroatoms. The third-order valence-electron chi connectivity index (χ3n) is 4.18. The van der Waals surface area contributed by atoms with Crippen LogP contribution in [0.4, 0.5) is 0 Å². The van der Waals surface area contributed by atoms with Crippen LogP contribution in [0.3, 0.4) is 0 Å². The third kappa shape index (κ3) is 2.56. The SMILES string of the molecule is COC1(OC)CCN(C(=O)c2ccc3c(c2)OCO3)CC1. The Bertz CT molecular complexity index is 531. The van der Waals surface area contributed by atoms with E-state index >= 15 is 0 Å². The van der Waals surface area contributed by atoms with Gasteiger partial charge >= 0.3 is 0 Å². The molecular formula is C15H19NO5. The number of methoxy groups -OCH3 is 2. The van der Waals surface area contributed by atoms with Crippen LogP contribution in [-0.2, 0) is 9.47 Å². The van der Waals surface area contributed by atoms with Gasteiger partial charge in [0, 0.05) is 45.7 Å². The number of likely N-dealkylation sites (tertiary alicyclic amines) is 1. The molecule has 2 aliphatic heterocycles. The molecule has 1 aromatic carbocycles. The molecule has 3 rings (SSSR count). The van der Waals surface area contributed by atoms with E-state index in [-0.39, 0.29) is 12.7 Å². The third-order valence-corrected chi connectivity index (χ3v) is 4.18. The minimum atomic E-state index is -0.564. The van der Waals surface area contributed by atoms with Gasteiger partial charge in [-0.3, -0.25) is 4.79 Å². The summed E-state index contributed by atoms with van der Waals surface area (Å²) < 4.78 is 21.4. The monoisotopic (exact) mass is 293 g/mol. The summed E-state index contributed by atoms with van der Waals surface area (Å²) in [5, 5.41) is 0. The molecule has 2 aliphatic rings. The minimum Gasteiger partial charge on any atom is -0.454 e. The molecule has 2 heterocycles. The highest BCUT2D eigenvalue weighted by Crippen LogP contribution is 2.33. The van der Waals surface area contributed by atoms with Crippen LogP contribution < -0.4 is 9.47 Å². The number of hydrogen-bond donors (Lipinski definition) is 0. The van der Waals surface area contributed by atoms with Gasteiger partial charge in [0.2, 0.25) is 6.79 Å². The fourth-order valence-corrected chi connectivity index (χ4v) is 2.75. The van der Waals surface area contributed by atoms with Crippen molar-refractivity contribution in [2.24, 2.45) is 0 Å². The lowest BCUT2D eigenvalue weighted by Crippen LogP contribution is -2.48. The van der Waals surface area contributed by atoms with Crippen LogP contribution in [0.25, 0.3) is 0 Å². The largest absolute Gasteiger partial charge is 0.454 e. The summed E-state index contributed by atoms with van der Waals surface area (Å²) in [6, 6.07) is 5.28. The molecular weight excluding hydrogens is 274 g/mol. The van der Waals surface area contributed by atoms with Crippen molar-refractivity contribution in [2.75, 3.05) is 34.1 Å². The van der Waals surface area contributed by atoms with E-state index in [9.17, 15) is 4.79 Å². The Balaban J connectivity index is 1.69. The Kier molecular flexibility index (Phi) is 3.73. The smallest absolute Gasteiger partial charge is 0.253 e. The van der Waals surface area contributed by atoms with E-state index < -0.39 is 5.79 Å². The molecule has 0 unspecified atom stereocenters. The fraction of sp³-hybridized carbons (Fsp3) is 0.533. The molecule has 0 radical (unpaired) electrons. The molecule has 1 saturated heterocycles. The number of ether oxygens (including phenoxy) is 4. The predicted molar refractivity (Wildman–Crippen MR) is 74.5 cm³/mol. The van der Waals surface area contributed by atoms with E-state index in [1.165, 1.54) is 0 Å². The van der Waals surface area contributed by atoms with Crippen LogP contribution in [0.15, 0.2) is 18.2 Å². The summed E-state index contributed by atoms with van der Waals surface area (Å²) in [4.78, 5) is 14.3. The predicted octanol–water partition coefficient (Wildman–Crippen LogP) is 1.64. The zero-order chi connectivity index (χ0) is 14.9. The van der Waals surface area contributed by atoms with Crippen molar-refractivity contribution in [1.82, 2.24) is 4.90 Å². The molecule has 1 amide bonds. The van der Waals surface area contributed by atoms with Gasteiger partial charge in [-0.05, 0) is 18.2 Å². The average Bonchev–Trinajstić information content (AvgIpc) is 3.02. The van der Waals surface area contributed by atoms with Crippen LogP contribution in [0, 0.1) is 0 Å². The summed E-state index contributed by atoms with van der Waals surface area (Å²) >= 11 is 0. The Morgan fingerprint density at radius 3 is 2.48 bits per heavy atom. The van der Waals surface area contributed by atoms with Crippen molar-refractivity contribution < 1.29 is 23.7 Å². The normalized spacial score (nSPS) is 19.6. The second kappa shape index (κ2) is 5.54. The number of amides is 1. The number of nitrogens with zero attached hydrogens (tertiary/aromatic N) is 1. The van der Waals surface area contributed by atoms with Gasteiger partial charge in [-0.2, -0.15) is 0 Å². The quantitative estimate of drug-likeness (QED) is 0.793. The molecule has 21 heavy (non-hydrogen) atoms. The Morgan fingerprint density at radius 1 is 1.14 bits per heavy atom. The molecule has 0 atom stereocenters. The first-order chi connectivity index (χ1) is 10.2. The van der Waals surface area contributed by atoms with E-state index in [1.807, 2.05) is 4.90 Å². The average molecular weight is 293 g/mol. The minimum absolute atomic E-state index is 0.00546. The van der Waals surface area contributed by atoms with Crippen molar-refractivity contribution >= 4 is 5.91 Å². The number of carbonyl (C=O) groups is 1. The Morgan fingerprint density at radius 2 is 1.81 bits per heavy atom. The molecule has 0 aromatic heterocycles. The van der Waals surface area contributed by atoms with Crippen molar-refractivity contribution in [3.05, 3.63) is 23.8 Å². The second-order valence-electron chi connectivity index (χ2n) is 5.18. The van der Waals surface area contributed by atoms with Gasteiger partial charge in [-0.15, -0.1) is 0 Å². The van der Waals surface area contributed by atoms with Crippen LogP contribution in [-0.4, -0.2) is 50.7 Å². The molecule has 0 N–H and O–H groups in total. The molecule has 114 valence electrons. The summed E-state index contributed by atoms with van der Waals surface area (Å²) in [7, 11) is 3.28. The first-order valence-corrected chi connectivity index (χ1v) is 6.97.